The molecule has 1 aromatic rings. The first-order chi connectivity index (χ1) is 9.67. The molecule has 1 aromatic carbocycles. The largest absolute Gasteiger partial charge is 0.489 e. The maximum absolute atomic E-state index is 11.2. The summed E-state index contributed by atoms with van der Waals surface area (Å²) in [4.78, 5) is 0. The molecule has 1 rings (SSSR count). The van der Waals surface area contributed by atoms with Crippen LogP contribution in [0.5, 0.6) is 5.75 Å². The summed E-state index contributed by atoms with van der Waals surface area (Å²) in [5.74, 6) is 1.71. The van der Waals surface area contributed by atoms with Gasteiger partial charge in [-0.15, -0.1) is 0 Å². The molecular formula is C14H20N2O3S. The van der Waals surface area contributed by atoms with Crippen LogP contribution in [-0.4, -0.2) is 46.6 Å². The van der Waals surface area contributed by atoms with E-state index in [0.29, 0.717) is 35.9 Å². The maximum atomic E-state index is 11.2. The Kier molecular flexibility index (Phi) is 7.88. The molecule has 0 aliphatic carbocycles. The van der Waals surface area contributed by atoms with Crippen LogP contribution in [0.25, 0.3) is 0 Å². The van der Waals surface area contributed by atoms with Crippen LogP contribution in [-0.2, 0) is 10.8 Å². The van der Waals surface area contributed by atoms with Gasteiger partial charge in [-0.05, 0) is 12.1 Å². The quantitative estimate of drug-likeness (QED) is 0.654. The highest BCUT2D eigenvalue weighted by Gasteiger charge is 2.07. The van der Waals surface area contributed by atoms with Gasteiger partial charge in [-0.1, -0.05) is 19.1 Å². The van der Waals surface area contributed by atoms with E-state index in [2.05, 4.69) is 5.32 Å². The Hall–Kier alpha value is -1.42. The van der Waals surface area contributed by atoms with Crippen molar-refractivity contribution in [1.29, 1.82) is 5.26 Å². The van der Waals surface area contributed by atoms with Crippen molar-refractivity contribution in [3.8, 4) is 11.8 Å². The van der Waals surface area contributed by atoms with Crippen molar-refractivity contribution in [3.05, 3.63) is 29.8 Å². The number of rotatable bonds is 9. The van der Waals surface area contributed by atoms with Gasteiger partial charge in [-0.2, -0.15) is 5.26 Å². The smallest absolute Gasteiger partial charge is 0.137 e. The molecule has 0 aliphatic heterocycles. The number of benzene rings is 1. The van der Waals surface area contributed by atoms with Crippen LogP contribution in [0.2, 0.25) is 0 Å². The number of nitrogens with one attached hydrogen (secondary N) is 1. The van der Waals surface area contributed by atoms with Gasteiger partial charge in [-0.25, -0.2) is 0 Å². The van der Waals surface area contributed by atoms with E-state index >= 15 is 0 Å². The number of nitriles is 1. The molecule has 0 spiro atoms. The van der Waals surface area contributed by atoms with Gasteiger partial charge >= 0.3 is 0 Å². The van der Waals surface area contributed by atoms with Gasteiger partial charge in [0.1, 0.15) is 24.5 Å². The average molecular weight is 296 g/mol. The second-order valence-electron chi connectivity index (χ2n) is 4.21. The molecule has 20 heavy (non-hydrogen) atoms. The Morgan fingerprint density at radius 2 is 2.25 bits per heavy atom. The van der Waals surface area contributed by atoms with Gasteiger partial charge in [0.05, 0.1) is 5.56 Å². The SMILES string of the molecule is CCS(=O)CCNCC(O)COc1ccccc1C#N. The van der Waals surface area contributed by atoms with Gasteiger partial charge < -0.3 is 15.2 Å². The fourth-order valence-electron chi connectivity index (χ4n) is 1.53. The molecule has 0 saturated carbocycles. The summed E-state index contributed by atoms with van der Waals surface area (Å²) in [5.41, 5.74) is 0.450. The predicted octanol–water partition coefficient (Wildman–Crippen LogP) is 0.656. The second kappa shape index (κ2) is 9.48. The van der Waals surface area contributed by atoms with Crippen LogP contribution in [0.3, 0.4) is 0 Å². The average Bonchev–Trinajstić information content (AvgIpc) is 2.49. The zero-order valence-electron chi connectivity index (χ0n) is 11.5. The lowest BCUT2D eigenvalue weighted by Gasteiger charge is -2.13. The molecule has 2 N–H and O–H groups in total. The standard InChI is InChI=1S/C14H20N2O3S/c1-2-20(18)8-7-16-10-13(17)11-19-14-6-4-3-5-12(14)9-15/h3-6,13,16-17H,2,7-8,10-11H2,1H3. The van der Waals surface area contributed by atoms with E-state index in [1.54, 1.807) is 24.3 Å². The van der Waals surface area contributed by atoms with E-state index in [9.17, 15) is 9.32 Å². The molecule has 2 atom stereocenters. The highest BCUT2D eigenvalue weighted by Crippen LogP contribution is 2.16. The number of para-hydroxylation sites is 1. The Labute approximate surface area is 122 Å². The van der Waals surface area contributed by atoms with Crippen molar-refractivity contribution in [2.75, 3.05) is 31.2 Å². The molecule has 0 aliphatic rings. The first kappa shape index (κ1) is 16.6. The van der Waals surface area contributed by atoms with E-state index < -0.39 is 16.9 Å². The third-order valence-corrected chi connectivity index (χ3v) is 3.95. The Bertz CT molecular complexity index is 474. The minimum absolute atomic E-state index is 0.114. The van der Waals surface area contributed by atoms with Crippen LogP contribution in [0.15, 0.2) is 24.3 Å². The van der Waals surface area contributed by atoms with E-state index in [1.807, 2.05) is 13.0 Å². The summed E-state index contributed by atoms with van der Waals surface area (Å²) in [7, 11) is -0.791. The number of nitrogens with zero attached hydrogens (tertiary/aromatic N) is 1. The van der Waals surface area contributed by atoms with Crippen molar-refractivity contribution in [2.45, 2.75) is 13.0 Å². The lowest BCUT2D eigenvalue weighted by molar-refractivity contribution is 0.107. The molecule has 2 unspecified atom stereocenters. The lowest BCUT2D eigenvalue weighted by atomic mass is 10.2. The summed E-state index contributed by atoms with van der Waals surface area (Å²) in [5, 5.41) is 21.7. The minimum Gasteiger partial charge on any atom is -0.489 e. The van der Waals surface area contributed by atoms with Crippen molar-refractivity contribution in [2.24, 2.45) is 0 Å². The Morgan fingerprint density at radius 3 is 2.95 bits per heavy atom. The first-order valence-corrected chi connectivity index (χ1v) is 8.01. The highest BCUT2D eigenvalue weighted by molar-refractivity contribution is 7.84. The normalized spacial score (nSPS) is 13.4. The van der Waals surface area contributed by atoms with E-state index in [1.165, 1.54) is 0 Å². The monoisotopic (exact) mass is 296 g/mol. The summed E-state index contributed by atoms with van der Waals surface area (Å²) >= 11 is 0. The molecule has 6 heteroatoms. The molecule has 5 nitrogen and oxygen atoms in total. The van der Waals surface area contributed by atoms with Crippen molar-refractivity contribution in [1.82, 2.24) is 5.32 Å². The molecule has 0 saturated heterocycles. The lowest BCUT2D eigenvalue weighted by Crippen LogP contribution is -2.33. The fraction of sp³-hybridized carbons (Fsp3) is 0.500. The number of hydrogen-bond donors (Lipinski definition) is 2. The molecule has 0 amide bonds. The van der Waals surface area contributed by atoms with Gasteiger partial charge in [0, 0.05) is 35.4 Å². The zero-order valence-corrected chi connectivity index (χ0v) is 12.4. The predicted molar refractivity (Wildman–Crippen MR) is 79.1 cm³/mol. The minimum atomic E-state index is -0.791. The van der Waals surface area contributed by atoms with Crippen molar-refractivity contribution >= 4 is 10.8 Å². The zero-order chi connectivity index (χ0) is 14.8. The van der Waals surface area contributed by atoms with Crippen molar-refractivity contribution < 1.29 is 14.1 Å². The summed E-state index contributed by atoms with van der Waals surface area (Å²) in [6.07, 6.45) is -0.670. The maximum Gasteiger partial charge on any atom is 0.137 e. The molecule has 0 radical (unpaired) electrons. The summed E-state index contributed by atoms with van der Waals surface area (Å²) in [6.45, 7) is 2.97. The molecule has 110 valence electrons. The molecule has 0 bridgehead atoms. The van der Waals surface area contributed by atoms with E-state index in [4.69, 9.17) is 10.00 Å². The van der Waals surface area contributed by atoms with Crippen LogP contribution in [0, 0.1) is 11.3 Å². The van der Waals surface area contributed by atoms with Gasteiger partial charge in [0.25, 0.3) is 0 Å². The Balaban J connectivity index is 2.25. The van der Waals surface area contributed by atoms with Crippen LogP contribution in [0.4, 0.5) is 0 Å². The fourth-order valence-corrected chi connectivity index (χ4v) is 2.19. The highest BCUT2D eigenvalue weighted by atomic mass is 32.2. The number of aliphatic hydroxyl groups excluding tert-OH is 1. The molecular weight excluding hydrogens is 276 g/mol. The van der Waals surface area contributed by atoms with Crippen LogP contribution < -0.4 is 10.1 Å². The van der Waals surface area contributed by atoms with Crippen LogP contribution in [0.1, 0.15) is 12.5 Å². The van der Waals surface area contributed by atoms with Crippen molar-refractivity contribution in [3.63, 3.8) is 0 Å². The molecule has 0 fully saturated rings. The summed E-state index contributed by atoms with van der Waals surface area (Å²) in [6, 6.07) is 8.94. The van der Waals surface area contributed by atoms with Gasteiger partial charge in [-0.3, -0.25) is 4.21 Å². The Morgan fingerprint density at radius 1 is 1.50 bits per heavy atom. The topological polar surface area (TPSA) is 82.3 Å². The number of aliphatic hydroxyl groups is 1. The number of ether oxygens (including phenoxy) is 1. The van der Waals surface area contributed by atoms with E-state index in [0.717, 1.165) is 0 Å². The molecule has 0 aromatic heterocycles. The molecule has 0 heterocycles. The third-order valence-electron chi connectivity index (χ3n) is 2.65. The first-order valence-electron chi connectivity index (χ1n) is 6.53. The summed E-state index contributed by atoms with van der Waals surface area (Å²) < 4.78 is 16.6. The van der Waals surface area contributed by atoms with E-state index in [-0.39, 0.29) is 6.61 Å². The second-order valence-corrected chi connectivity index (χ2v) is 6.07. The third kappa shape index (κ3) is 6.15. The van der Waals surface area contributed by atoms with Crippen LogP contribution >= 0.6 is 0 Å². The van der Waals surface area contributed by atoms with Gasteiger partial charge in [0.15, 0.2) is 0 Å². The van der Waals surface area contributed by atoms with Gasteiger partial charge in [0.2, 0.25) is 0 Å². The number of hydrogen-bond acceptors (Lipinski definition) is 5.